The van der Waals surface area contributed by atoms with Gasteiger partial charge in [0.2, 0.25) is 0 Å². The molecular formula is C27H25F3N2O4. The Kier molecular flexibility index (Phi) is 6.22. The minimum absolute atomic E-state index is 0.0510. The van der Waals surface area contributed by atoms with Gasteiger partial charge in [0.25, 0.3) is 5.91 Å². The molecule has 1 amide bonds. The lowest BCUT2D eigenvalue weighted by Gasteiger charge is -2.32. The summed E-state index contributed by atoms with van der Waals surface area (Å²) in [6, 6.07) is 15.3. The molecule has 0 saturated carbocycles. The van der Waals surface area contributed by atoms with Crippen molar-refractivity contribution in [1.82, 2.24) is 4.98 Å². The minimum atomic E-state index is -4.48. The number of fused-ring (bicyclic) bond motifs is 1. The normalized spacial score (nSPS) is 17.2. The molecule has 5 rings (SSSR count). The standard InChI is InChI=1S/C27H25F3N2O4/c1-17-14-21-22(24(31-17)20-4-2-3-5-23(20)36-16-27(28,29)30)15-32(25(21)33)19-8-6-18(7-9-19)26(34)10-12-35-13-11-26/h2-9,14,34H,10-13,15-16H2,1H3. The van der Waals surface area contributed by atoms with Crippen LogP contribution in [0.25, 0.3) is 11.3 Å². The zero-order valence-corrected chi connectivity index (χ0v) is 19.6. The van der Waals surface area contributed by atoms with E-state index in [-0.39, 0.29) is 18.2 Å². The van der Waals surface area contributed by atoms with Gasteiger partial charge in [-0.2, -0.15) is 13.2 Å². The van der Waals surface area contributed by atoms with Crippen molar-refractivity contribution in [3.8, 4) is 17.0 Å². The number of rotatable bonds is 5. The van der Waals surface area contributed by atoms with Gasteiger partial charge >= 0.3 is 6.18 Å². The van der Waals surface area contributed by atoms with E-state index in [2.05, 4.69) is 4.98 Å². The lowest BCUT2D eigenvalue weighted by molar-refractivity contribution is -0.153. The first-order valence-corrected chi connectivity index (χ1v) is 11.7. The van der Waals surface area contributed by atoms with Crippen LogP contribution in [0.3, 0.4) is 0 Å². The number of ether oxygens (including phenoxy) is 2. The fourth-order valence-corrected chi connectivity index (χ4v) is 4.75. The van der Waals surface area contributed by atoms with Crippen LogP contribution in [0.5, 0.6) is 5.75 Å². The van der Waals surface area contributed by atoms with Crippen molar-refractivity contribution in [2.24, 2.45) is 0 Å². The van der Waals surface area contributed by atoms with Crippen LogP contribution in [0.2, 0.25) is 0 Å². The Hall–Kier alpha value is -3.43. The number of anilines is 1. The van der Waals surface area contributed by atoms with Crippen molar-refractivity contribution in [1.29, 1.82) is 0 Å². The van der Waals surface area contributed by atoms with Crippen molar-refractivity contribution in [3.63, 3.8) is 0 Å². The molecule has 0 atom stereocenters. The summed E-state index contributed by atoms with van der Waals surface area (Å²) in [5.74, 6) is -0.168. The molecule has 188 valence electrons. The number of carbonyl (C=O) groups excluding carboxylic acids is 1. The average molecular weight is 499 g/mol. The van der Waals surface area contributed by atoms with E-state index in [4.69, 9.17) is 9.47 Å². The number of nitrogens with zero attached hydrogens (tertiary/aromatic N) is 2. The van der Waals surface area contributed by atoms with Gasteiger partial charge in [-0.1, -0.05) is 24.3 Å². The number of amides is 1. The van der Waals surface area contributed by atoms with Crippen LogP contribution in [0.1, 0.15) is 40.0 Å². The smallest absolute Gasteiger partial charge is 0.422 e. The number of hydrogen-bond acceptors (Lipinski definition) is 5. The maximum atomic E-state index is 13.4. The van der Waals surface area contributed by atoms with Gasteiger partial charge in [-0.25, -0.2) is 0 Å². The highest BCUT2D eigenvalue weighted by Crippen LogP contribution is 2.39. The summed E-state index contributed by atoms with van der Waals surface area (Å²) in [4.78, 5) is 19.6. The maximum absolute atomic E-state index is 13.4. The van der Waals surface area contributed by atoms with E-state index in [1.165, 1.54) is 6.07 Å². The van der Waals surface area contributed by atoms with Crippen molar-refractivity contribution >= 4 is 11.6 Å². The quantitative estimate of drug-likeness (QED) is 0.527. The second kappa shape index (κ2) is 9.22. The van der Waals surface area contributed by atoms with E-state index in [0.29, 0.717) is 59.8 Å². The van der Waals surface area contributed by atoms with Crippen LogP contribution in [0, 0.1) is 6.92 Å². The molecule has 2 aromatic carbocycles. The average Bonchev–Trinajstić information content (AvgIpc) is 3.19. The van der Waals surface area contributed by atoms with E-state index >= 15 is 0 Å². The highest BCUT2D eigenvalue weighted by Gasteiger charge is 2.35. The zero-order valence-electron chi connectivity index (χ0n) is 19.6. The number of pyridine rings is 1. The number of halogens is 3. The molecule has 1 aromatic heterocycles. The molecule has 6 nitrogen and oxygen atoms in total. The van der Waals surface area contributed by atoms with Crippen LogP contribution in [-0.4, -0.2) is 42.0 Å². The number of aliphatic hydroxyl groups is 1. The molecule has 0 aliphatic carbocycles. The summed E-state index contributed by atoms with van der Waals surface area (Å²) in [7, 11) is 0. The number of benzene rings is 2. The van der Waals surface area contributed by atoms with Gasteiger partial charge in [0.15, 0.2) is 6.61 Å². The van der Waals surface area contributed by atoms with E-state index in [1.54, 1.807) is 48.2 Å². The molecule has 2 aliphatic rings. The molecular weight excluding hydrogens is 473 g/mol. The van der Waals surface area contributed by atoms with Crippen molar-refractivity contribution in [2.45, 2.75) is 38.1 Å². The third-order valence-electron chi connectivity index (χ3n) is 6.61. The highest BCUT2D eigenvalue weighted by molar-refractivity contribution is 6.11. The number of aryl methyl sites for hydroxylation is 1. The van der Waals surface area contributed by atoms with E-state index in [1.807, 2.05) is 12.1 Å². The summed E-state index contributed by atoms with van der Waals surface area (Å²) in [6.45, 7) is 1.50. The zero-order chi connectivity index (χ0) is 25.5. The van der Waals surface area contributed by atoms with Gasteiger partial charge in [0.1, 0.15) is 5.75 Å². The fraction of sp³-hybridized carbons (Fsp3) is 0.333. The summed E-state index contributed by atoms with van der Waals surface area (Å²) >= 11 is 0. The number of carbonyl (C=O) groups is 1. The molecule has 2 aliphatic heterocycles. The molecule has 1 saturated heterocycles. The molecule has 0 spiro atoms. The molecule has 3 heterocycles. The largest absolute Gasteiger partial charge is 0.483 e. The Morgan fingerprint density at radius 2 is 1.78 bits per heavy atom. The molecule has 3 aromatic rings. The van der Waals surface area contributed by atoms with E-state index < -0.39 is 18.4 Å². The molecule has 1 fully saturated rings. The van der Waals surface area contributed by atoms with E-state index in [0.717, 1.165) is 5.56 Å². The van der Waals surface area contributed by atoms with Gasteiger partial charge in [-0.15, -0.1) is 0 Å². The molecule has 36 heavy (non-hydrogen) atoms. The number of hydrogen-bond donors (Lipinski definition) is 1. The predicted molar refractivity (Wildman–Crippen MR) is 127 cm³/mol. The molecule has 0 bridgehead atoms. The van der Waals surface area contributed by atoms with Crippen LogP contribution in [0.4, 0.5) is 18.9 Å². The Balaban J connectivity index is 1.47. The first-order valence-electron chi connectivity index (χ1n) is 11.7. The van der Waals surface area contributed by atoms with Gasteiger partial charge in [-0.05, 0) is 42.8 Å². The summed E-state index contributed by atoms with van der Waals surface area (Å²) in [5.41, 5.74) is 2.94. The number of aromatic nitrogens is 1. The van der Waals surface area contributed by atoms with Crippen LogP contribution in [-0.2, 0) is 16.9 Å². The Labute approximate surface area is 206 Å². The third-order valence-corrected chi connectivity index (χ3v) is 6.61. The Morgan fingerprint density at radius 3 is 2.47 bits per heavy atom. The second-order valence-corrected chi connectivity index (χ2v) is 9.12. The predicted octanol–water partition coefficient (Wildman–Crippen LogP) is 5.16. The highest BCUT2D eigenvalue weighted by atomic mass is 19.4. The van der Waals surface area contributed by atoms with Crippen LogP contribution in [0.15, 0.2) is 54.6 Å². The second-order valence-electron chi connectivity index (χ2n) is 9.12. The molecule has 0 unspecified atom stereocenters. The third kappa shape index (κ3) is 4.68. The SMILES string of the molecule is Cc1cc2c(c(-c3ccccc3OCC(F)(F)F)n1)CN(c1ccc(C3(O)CCOCC3)cc1)C2=O. The lowest BCUT2D eigenvalue weighted by Crippen LogP contribution is -2.33. The van der Waals surface area contributed by atoms with Gasteiger partial charge in [0, 0.05) is 54.1 Å². The van der Waals surface area contributed by atoms with Gasteiger partial charge in [-0.3, -0.25) is 9.78 Å². The van der Waals surface area contributed by atoms with Gasteiger partial charge in [0.05, 0.1) is 17.8 Å². The van der Waals surface area contributed by atoms with Crippen LogP contribution < -0.4 is 9.64 Å². The Morgan fingerprint density at radius 1 is 1.08 bits per heavy atom. The lowest BCUT2D eigenvalue weighted by atomic mass is 9.86. The maximum Gasteiger partial charge on any atom is 0.422 e. The summed E-state index contributed by atoms with van der Waals surface area (Å²) in [5, 5.41) is 11.0. The van der Waals surface area contributed by atoms with E-state index in [9.17, 15) is 23.1 Å². The van der Waals surface area contributed by atoms with Crippen LogP contribution >= 0.6 is 0 Å². The fourth-order valence-electron chi connectivity index (χ4n) is 4.75. The molecule has 0 radical (unpaired) electrons. The number of alkyl halides is 3. The summed E-state index contributed by atoms with van der Waals surface area (Å²) < 4.78 is 48.9. The Bertz CT molecular complexity index is 1290. The monoisotopic (exact) mass is 498 g/mol. The molecule has 9 heteroatoms. The minimum Gasteiger partial charge on any atom is -0.483 e. The first kappa shape index (κ1) is 24.3. The first-order chi connectivity index (χ1) is 17.1. The van der Waals surface area contributed by atoms with Crippen molar-refractivity contribution in [3.05, 3.63) is 77.0 Å². The van der Waals surface area contributed by atoms with Gasteiger partial charge < -0.3 is 19.5 Å². The topological polar surface area (TPSA) is 71.9 Å². The van der Waals surface area contributed by atoms with Crippen molar-refractivity contribution in [2.75, 3.05) is 24.7 Å². The molecule has 1 N–H and O–H groups in total. The number of para-hydroxylation sites is 1. The van der Waals surface area contributed by atoms with Crippen molar-refractivity contribution < 1.29 is 32.5 Å². The summed E-state index contributed by atoms with van der Waals surface area (Å²) in [6.07, 6.45) is -3.47.